The molecular formula is C23H21N2O5. The van der Waals surface area contributed by atoms with E-state index < -0.39 is 17.3 Å². The van der Waals surface area contributed by atoms with Gasteiger partial charge in [-0.15, -0.1) is 0 Å². The summed E-state index contributed by atoms with van der Waals surface area (Å²) in [6.45, 7) is 3.70. The van der Waals surface area contributed by atoms with Crippen molar-refractivity contribution >= 4 is 17.5 Å². The predicted molar refractivity (Wildman–Crippen MR) is 113 cm³/mol. The van der Waals surface area contributed by atoms with Crippen molar-refractivity contribution in [1.82, 2.24) is 0 Å². The Morgan fingerprint density at radius 3 is 2.20 bits per heavy atom. The minimum Gasteiger partial charge on any atom is -0.455 e. The van der Waals surface area contributed by atoms with Gasteiger partial charge in [-0.2, -0.15) is 0 Å². The highest BCUT2D eigenvalue weighted by atomic mass is 16.7. The summed E-state index contributed by atoms with van der Waals surface area (Å²) in [6, 6.07) is 23.1. The Bertz CT molecular complexity index is 973. The molecule has 0 aliphatic heterocycles. The fourth-order valence-corrected chi connectivity index (χ4v) is 2.74. The molecule has 1 radical (unpaired) electrons. The molecule has 0 saturated carbocycles. The van der Waals surface area contributed by atoms with Crippen LogP contribution in [0.5, 0.6) is 5.75 Å². The summed E-state index contributed by atoms with van der Waals surface area (Å²) in [5.74, 6) is 0.340. The van der Waals surface area contributed by atoms with Gasteiger partial charge in [-0.3, -0.25) is 15.4 Å². The molecule has 3 rings (SSSR count). The number of rotatable bonds is 8. The Labute approximate surface area is 174 Å². The molecule has 0 spiro atoms. The first-order valence-corrected chi connectivity index (χ1v) is 9.34. The van der Waals surface area contributed by atoms with Crippen LogP contribution < -0.4 is 10.1 Å². The monoisotopic (exact) mass is 405 g/mol. The van der Waals surface area contributed by atoms with Crippen molar-refractivity contribution in [1.29, 1.82) is 0 Å². The lowest BCUT2D eigenvalue weighted by Crippen LogP contribution is -2.26. The quantitative estimate of drug-likeness (QED) is 0.309. The lowest BCUT2D eigenvalue weighted by molar-refractivity contribution is -0.384. The predicted octanol–water partition coefficient (Wildman–Crippen LogP) is 5.36. The molecule has 0 aliphatic rings. The normalized spacial score (nSPS) is 11.4. The van der Waals surface area contributed by atoms with Gasteiger partial charge in [0, 0.05) is 24.2 Å². The third-order valence-electron chi connectivity index (χ3n) is 4.24. The second-order valence-corrected chi connectivity index (χ2v) is 6.48. The van der Waals surface area contributed by atoms with Gasteiger partial charge < -0.3 is 9.47 Å². The van der Waals surface area contributed by atoms with Crippen molar-refractivity contribution in [2.45, 2.75) is 19.1 Å². The zero-order chi connectivity index (χ0) is 21.3. The summed E-state index contributed by atoms with van der Waals surface area (Å²) >= 11 is 0. The first kappa shape index (κ1) is 20.9. The summed E-state index contributed by atoms with van der Waals surface area (Å²) in [5.41, 5.74) is 2.87. The molecule has 0 unspecified atom stereocenters. The van der Waals surface area contributed by atoms with Crippen LogP contribution in [0, 0.1) is 17.0 Å². The Morgan fingerprint density at radius 1 is 0.967 bits per heavy atom. The lowest BCUT2D eigenvalue weighted by atomic mass is 10.1. The first-order valence-electron chi connectivity index (χ1n) is 9.34. The number of nitro groups is 1. The van der Waals surface area contributed by atoms with E-state index in [4.69, 9.17) is 9.47 Å². The highest BCUT2D eigenvalue weighted by Crippen LogP contribution is 2.20. The number of carbonyl (C=O) groups excluding carboxylic acids is 1. The summed E-state index contributed by atoms with van der Waals surface area (Å²) in [7, 11) is 0. The fraction of sp³-hybridized carbons (Fsp3) is 0.130. The fourth-order valence-electron chi connectivity index (χ4n) is 2.74. The van der Waals surface area contributed by atoms with E-state index in [0.717, 1.165) is 12.0 Å². The molecule has 0 bridgehead atoms. The number of benzene rings is 3. The maximum Gasteiger partial charge on any atom is 0.414 e. The Balaban J connectivity index is 1.52. The molecule has 0 heterocycles. The zero-order valence-electron chi connectivity index (χ0n) is 16.2. The van der Waals surface area contributed by atoms with Crippen LogP contribution in [0.2, 0.25) is 0 Å². The van der Waals surface area contributed by atoms with Crippen molar-refractivity contribution in [2.24, 2.45) is 0 Å². The first-order chi connectivity index (χ1) is 14.5. The second kappa shape index (κ2) is 10.1. The van der Waals surface area contributed by atoms with Crippen LogP contribution in [0.15, 0.2) is 78.9 Å². The van der Waals surface area contributed by atoms with E-state index in [2.05, 4.69) is 24.4 Å². The number of nitro benzene ring substituents is 1. The summed E-state index contributed by atoms with van der Waals surface area (Å²) in [5, 5.41) is 13.3. The van der Waals surface area contributed by atoms with Gasteiger partial charge in [-0.1, -0.05) is 42.5 Å². The van der Waals surface area contributed by atoms with E-state index in [0.29, 0.717) is 11.4 Å². The Hall–Kier alpha value is -3.87. The lowest BCUT2D eigenvalue weighted by Gasteiger charge is -2.18. The van der Waals surface area contributed by atoms with Crippen molar-refractivity contribution < 1.29 is 19.2 Å². The maximum atomic E-state index is 12.2. The molecular weight excluding hydrogens is 384 g/mol. The van der Waals surface area contributed by atoms with Crippen LogP contribution >= 0.6 is 0 Å². The summed E-state index contributed by atoms with van der Waals surface area (Å²) in [6.07, 6.45) is -0.635. The van der Waals surface area contributed by atoms with Crippen LogP contribution in [-0.2, 0) is 11.2 Å². The Kier molecular flexibility index (Phi) is 7.00. The van der Waals surface area contributed by atoms with Crippen molar-refractivity contribution in [2.75, 3.05) is 5.32 Å². The van der Waals surface area contributed by atoms with Crippen LogP contribution in [0.1, 0.15) is 17.5 Å². The third-order valence-corrected chi connectivity index (χ3v) is 4.24. The zero-order valence-corrected chi connectivity index (χ0v) is 16.2. The third kappa shape index (κ3) is 6.07. The van der Waals surface area contributed by atoms with Gasteiger partial charge in [0.25, 0.3) is 5.69 Å². The molecule has 0 saturated heterocycles. The molecule has 0 fully saturated rings. The number of anilines is 1. The van der Waals surface area contributed by atoms with E-state index in [1.165, 1.54) is 29.8 Å². The molecule has 30 heavy (non-hydrogen) atoms. The van der Waals surface area contributed by atoms with E-state index >= 15 is 0 Å². The minimum atomic E-state index is -0.927. The van der Waals surface area contributed by atoms with Crippen LogP contribution in [0.25, 0.3) is 0 Å². The van der Waals surface area contributed by atoms with Gasteiger partial charge >= 0.3 is 6.09 Å². The standard InChI is InChI=1S/C23H21N2O5/c1-2-22(29-21-14-12-20(13-15-21)25(27)28)30-23(26)24-19-10-8-18(9-11-19)16-17-6-4-3-5-7-17/h3-15,22H,1-2,16H2,(H,24,26)/t22-/m1/s1. The number of carbonyl (C=O) groups is 1. The second-order valence-electron chi connectivity index (χ2n) is 6.48. The minimum absolute atomic E-state index is 0.0529. The number of nitrogens with zero attached hydrogens (tertiary/aromatic N) is 1. The number of nitrogens with one attached hydrogen (secondary N) is 1. The largest absolute Gasteiger partial charge is 0.455 e. The molecule has 1 atom stereocenters. The molecule has 0 aliphatic carbocycles. The average Bonchev–Trinajstić information content (AvgIpc) is 2.75. The molecule has 7 nitrogen and oxygen atoms in total. The molecule has 1 N–H and O–H groups in total. The summed E-state index contributed by atoms with van der Waals surface area (Å²) < 4.78 is 10.8. The van der Waals surface area contributed by atoms with Gasteiger partial charge in [0.2, 0.25) is 6.29 Å². The van der Waals surface area contributed by atoms with Crippen molar-refractivity contribution in [3.05, 3.63) is 107 Å². The maximum absolute atomic E-state index is 12.2. The van der Waals surface area contributed by atoms with Crippen molar-refractivity contribution in [3.63, 3.8) is 0 Å². The Morgan fingerprint density at radius 2 is 1.60 bits per heavy atom. The van der Waals surface area contributed by atoms with Gasteiger partial charge in [0.05, 0.1) is 4.92 Å². The molecule has 3 aromatic carbocycles. The van der Waals surface area contributed by atoms with Crippen LogP contribution in [-0.4, -0.2) is 17.3 Å². The molecule has 7 heteroatoms. The van der Waals surface area contributed by atoms with E-state index in [-0.39, 0.29) is 12.1 Å². The topological polar surface area (TPSA) is 90.7 Å². The van der Waals surface area contributed by atoms with Gasteiger partial charge in [-0.05, 0) is 48.7 Å². The summed E-state index contributed by atoms with van der Waals surface area (Å²) in [4.78, 5) is 22.4. The average molecular weight is 405 g/mol. The number of hydrogen-bond acceptors (Lipinski definition) is 5. The number of amides is 1. The molecule has 3 aromatic rings. The molecule has 1 amide bonds. The van der Waals surface area contributed by atoms with Crippen LogP contribution in [0.4, 0.5) is 16.2 Å². The van der Waals surface area contributed by atoms with Crippen LogP contribution in [0.3, 0.4) is 0 Å². The smallest absolute Gasteiger partial charge is 0.414 e. The van der Waals surface area contributed by atoms with Gasteiger partial charge in [-0.25, -0.2) is 4.79 Å². The highest BCUT2D eigenvalue weighted by molar-refractivity contribution is 5.84. The SMILES string of the molecule is [CH2]C[C@@H](OC(=O)Nc1ccc(Cc2ccccc2)cc1)Oc1ccc([N+](=O)[O-])cc1. The van der Waals surface area contributed by atoms with Crippen molar-refractivity contribution in [3.8, 4) is 5.75 Å². The van der Waals surface area contributed by atoms with E-state index in [1.807, 2.05) is 30.3 Å². The van der Waals surface area contributed by atoms with E-state index in [9.17, 15) is 14.9 Å². The highest BCUT2D eigenvalue weighted by Gasteiger charge is 2.15. The number of hydrogen-bond donors (Lipinski definition) is 1. The number of ether oxygens (including phenoxy) is 2. The number of non-ortho nitro benzene ring substituents is 1. The van der Waals surface area contributed by atoms with Gasteiger partial charge in [0.1, 0.15) is 5.75 Å². The van der Waals surface area contributed by atoms with Gasteiger partial charge in [0.15, 0.2) is 0 Å². The van der Waals surface area contributed by atoms with E-state index in [1.54, 1.807) is 12.1 Å². The molecule has 0 aromatic heterocycles. The molecule has 153 valence electrons.